The minimum atomic E-state index is -0.202. The van der Waals surface area contributed by atoms with Crippen LogP contribution in [0.1, 0.15) is 6.42 Å². The van der Waals surface area contributed by atoms with Gasteiger partial charge in [-0.15, -0.1) is 16.9 Å². The van der Waals surface area contributed by atoms with Crippen LogP contribution in [0.5, 0.6) is 0 Å². The van der Waals surface area contributed by atoms with Crippen molar-refractivity contribution in [1.29, 1.82) is 0 Å². The van der Waals surface area contributed by atoms with Crippen LogP contribution >= 0.6 is 39.3 Å². The molecule has 2 aromatic heterocycles. The van der Waals surface area contributed by atoms with Crippen LogP contribution in [-0.2, 0) is 4.79 Å². The van der Waals surface area contributed by atoms with E-state index in [0.717, 1.165) is 4.90 Å². The quantitative estimate of drug-likeness (QED) is 0.564. The number of hydrogen-bond acceptors (Lipinski definition) is 6. The molecule has 0 aliphatic heterocycles. The summed E-state index contributed by atoms with van der Waals surface area (Å²) in [5.74, 6) is 1.05. The lowest BCUT2D eigenvalue weighted by molar-refractivity contribution is -0.115. The molecule has 24 heavy (non-hydrogen) atoms. The van der Waals surface area contributed by atoms with Crippen molar-refractivity contribution in [2.45, 2.75) is 11.3 Å². The predicted octanol–water partition coefficient (Wildman–Crippen LogP) is 4.87. The highest BCUT2D eigenvalue weighted by Gasteiger charge is 2.14. The minimum absolute atomic E-state index is 0.0408. The zero-order valence-corrected chi connectivity index (χ0v) is 15.3. The van der Waals surface area contributed by atoms with Gasteiger partial charge >= 0.3 is 6.01 Å². The van der Waals surface area contributed by atoms with Crippen molar-refractivity contribution in [1.82, 2.24) is 10.2 Å². The van der Waals surface area contributed by atoms with E-state index in [1.165, 1.54) is 0 Å². The summed E-state index contributed by atoms with van der Waals surface area (Å²) < 4.78 is 11.2. The van der Waals surface area contributed by atoms with Crippen LogP contribution in [0.3, 0.4) is 0 Å². The third-order valence-corrected chi connectivity index (χ3v) is 4.56. The summed E-state index contributed by atoms with van der Waals surface area (Å²) in [6.45, 7) is 0. The van der Waals surface area contributed by atoms with E-state index >= 15 is 0 Å². The average Bonchev–Trinajstić information content (AvgIpc) is 3.18. The second kappa shape index (κ2) is 7.87. The number of nitrogens with one attached hydrogen (secondary N) is 1. The zero-order valence-electron chi connectivity index (χ0n) is 12.2. The third-order valence-electron chi connectivity index (χ3n) is 2.87. The van der Waals surface area contributed by atoms with E-state index in [-0.39, 0.29) is 17.8 Å². The molecule has 6 nitrogen and oxygen atoms in total. The number of rotatable bonds is 6. The van der Waals surface area contributed by atoms with E-state index < -0.39 is 0 Å². The van der Waals surface area contributed by atoms with Crippen LogP contribution in [0.15, 0.2) is 54.8 Å². The molecule has 0 aliphatic rings. The summed E-state index contributed by atoms with van der Waals surface area (Å²) in [6.07, 6.45) is 0.317. The largest absolute Gasteiger partial charge is 0.444 e. The van der Waals surface area contributed by atoms with Crippen LogP contribution in [-0.4, -0.2) is 21.9 Å². The molecule has 124 valence electrons. The molecular weight excluding hydrogens is 418 g/mol. The van der Waals surface area contributed by atoms with E-state index in [4.69, 9.17) is 20.4 Å². The number of anilines is 1. The number of aromatic nitrogens is 2. The fraction of sp³-hybridized carbons (Fsp3) is 0.133. The lowest BCUT2D eigenvalue weighted by Gasteiger charge is -2.02. The zero-order chi connectivity index (χ0) is 16.9. The first-order valence-electron chi connectivity index (χ1n) is 6.87. The molecule has 9 heteroatoms. The van der Waals surface area contributed by atoms with Gasteiger partial charge < -0.3 is 8.83 Å². The van der Waals surface area contributed by atoms with E-state index in [1.54, 1.807) is 23.9 Å². The van der Waals surface area contributed by atoms with Crippen LogP contribution in [0.4, 0.5) is 6.01 Å². The normalized spacial score (nSPS) is 10.8. The number of nitrogens with zero attached hydrogens (tertiary/aromatic N) is 2. The molecule has 0 atom stereocenters. The summed E-state index contributed by atoms with van der Waals surface area (Å²) in [5.41, 5.74) is 0. The first kappa shape index (κ1) is 17.1. The number of furan rings is 1. The summed E-state index contributed by atoms with van der Waals surface area (Å²) in [6, 6.07) is 10.9. The highest BCUT2D eigenvalue weighted by atomic mass is 79.9. The van der Waals surface area contributed by atoms with Gasteiger partial charge in [0.1, 0.15) is 0 Å². The molecule has 1 amide bonds. The summed E-state index contributed by atoms with van der Waals surface area (Å²) in [5, 5.41) is 10.9. The van der Waals surface area contributed by atoms with Gasteiger partial charge in [0, 0.05) is 22.1 Å². The standard InChI is InChI=1S/C15H11BrClN3O3S/c16-12-6-5-11(22-12)14-19-20-15(23-14)18-13(21)7-8-24-10-3-1-9(17)2-4-10/h1-6H,7-8H2,(H,18,20,21). The lowest BCUT2D eigenvalue weighted by atomic mass is 10.4. The van der Waals surface area contributed by atoms with Gasteiger partial charge in [0.2, 0.25) is 5.91 Å². The molecule has 0 fully saturated rings. The monoisotopic (exact) mass is 427 g/mol. The highest BCUT2D eigenvalue weighted by molar-refractivity contribution is 9.10. The van der Waals surface area contributed by atoms with Gasteiger partial charge in [0.05, 0.1) is 0 Å². The molecule has 3 aromatic rings. The molecule has 1 aromatic carbocycles. The van der Waals surface area contributed by atoms with E-state index in [0.29, 0.717) is 27.6 Å². The number of carbonyl (C=O) groups excluding carboxylic acids is 1. The third kappa shape index (κ3) is 4.62. The Morgan fingerprint density at radius 3 is 2.67 bits per heavy atom. The summed E-state index contributed by atoms with van der Waals surface area (Å²) in [7, 11) is 0. The summed E-state index contributed by atoms with van der Waals surface area (Å²) in [4.78, 5) is 13.0. The van der Waals surface area contributed by atoms with Gasteiger partial charge in [-0.3, -0.25) is 10.1 Å². The van der Waals surface area contributed by atoms with E-state index in [1.807, 2.05) is 24.3 Å². The Morgan fingerprint density at radius 1 is 1.17 bits per heavy atom. The van der Waals surface area contributed by atoms with Crippen molar-refractivity contribution in [2.24, 2.45) is 0 Å². The average molecular weight is 429 g/mol. The van der Waals surface area contributed by atoms with Gasteiger partial charge in [0.15, 0.2) is 10.4 Å². The Hall–Kier alpha value is -1.77. The molecule has 0 aliphatic carbocycles. The van der Waals surface area contributed by atoms with Crippen molar-refractivity contribution in [2.75, 3.05) is 11.1 Å². The minimum Gasteiger partial charge on any atom is -0.444 e. The molecule has 1 N–H and O–H groups in total. The number of hydrogen-bond donors (Lipinski definition) is 1. The Balaban J connectivity index is 1.48. The maximum Gasteiger partial charge on any atom is 0.322 e. The fourth-order valence-electron chi connectivity index (χ4n) is 1.78. The van der Waals surface area contributed by atoms with Crippen molar-refractivity contribution >= 4 is 51.2 Å². The van der Waals surface area contributed by atoms with Crippen LogP contribution in [0.2, 0.25) is 5.02 Å². The Morgan fingerprint density at radius 2 is 1.96 bits per heavy atom. The predicted molar refractivity (Wildman–Crippen MR) is 95.1 cm³/mol. The molecule has 2 heterocycles. The van der Waals surface area contributed by atoms with Crippen molar-refractivity contribution in [3.05, 3.63) is 46.1 Å². The molecule has 3 rings (SSSR count). The smallest absolute Gasteiger partial charge is 0.322 e. The van der Waals surface area contributed by atoms with Gasteiger partial charge in [0.25, 0.3) is 5.89 Å². The van der Waals surface area contributed by atoms with Crippen LogP contribution in [0, 0.1) is 0 Å². The highest BCUT2D eigenvalue weighted by Crippen LogP contribution is 2.25. The molecule has 0 saturated carbocycles. The van der Waals surface area contributed by atoms with Crippen molar-refractivity contribution in [3.8, 4) is 11.7 Å². The fourth-order valence-corrected chi connectivity index (χ4v) is 3.06. The van der Waals surface area contributed by atoms with Crippen LogP contribution in [0.25, 0.3) is 11.7 Å². The van der Waals surface area contributed by atoms with Gasteiger partial charge in [-0.05, 0) is 52.3 Å². The first-order chi connectivity index (χ1) is 11.6. The maximum absolute atomic E-state index is 11.9. The maximum atomic E-state index is 11.9. The second-order valence-electron chi connectivity index (χ2n) is 4.62. The topological polar surface area (TPSA) is 81.2 Å². The van der Waals surface area contributed by atoms with Gasteiger partial charge in [-0.1, -0.05) is 16.7 Å². The SMILES string of the molecule is O=C(CCSc1ccc(Cl)cc1)Nc1nnc(-c2ccc(Br)o2)o1. The molecule has 0 saturated heterocycles. The summed E-state index contributed by atoms with van der Waals surface area (Å²) >= 11 is 10.6. The molecular formula is C15H11BrClN3O3S. The Labute approximate surface area is 155 Å². The van der Waals surface area contributed by atoms with Gasteiger partial charge in [-0.25, -0.2) is 0 Å². The second-order valence-corrected chi connectivity index (χ2v) is 7.00. The van der Waals surface area contributed by atoms with Crippen molar-refractivity contribution < 1.29 is 13.6 Å². The number of amides is 1. The Kier molecular flexibility index (Phi) is 5.60. The molecule has 0 radical (unpaired) electrons. The number of benzene rings is 1. The van der Waals surface area contributed by atoms with Crippen molar-refractivity contribution in [3.63, 3.8) is 0 Å². The van der Waals surface area contributed by atoms with E-state index in [2.05, 4.69) is 31.4 Å². The molecule has 0 spiro atoms. The van der Waals surface area contributed by atoms with Gasteiger partial charge in [-0.2, -0.15) is 0 Å². The first-order valence-corrected chi connectivity index (χ1v) is 9.03. The molecule has 0 bridgehead atoms. The number of halogens is 2. The van der Waals surface area contributed by atoms with E-state index in [9.17, 15) is 4.79 Å². The van der Waals surface area contributed by atoms with Crippen LogP contribution < -0.4 is 5.32 Å². The molecule has 0 unspecified atom stereocenters. The number of thioether (sulfide) groups is 1. The Bertz CT molecular complexity index is 835. The number of carbonyl (C=O) groups is 1. The lowest BCUT2D eigenvalue weighted by Crippen LogP contribution is -2.12.